The molecule has 0 unspecified atom stereocenters. The topological polar surface area (TPSA) is 79.4 Å². The van der Waals surface area contributed by atoms with Crippen LogP contribution < -0.4 is 5.32 Å². The van der Waals surface area contributed by atoms with E-state index in [1.807, 2.05) is 43.3 Å². The average Bonchev–Trinajstić information content (AvgIpc) is 2.97. The lowest BCUT2D eigenvalue weighted by Crippen LogP contribution is -2.31. The van der Waals surface area contributed by atoms with Crippen molar-refractivity contribution in [3.05, 3.63) is 94.7 Å². The van der Waals surface area contributed by atoms with E-state index in [4.69, 9.17) is 0 Å². The fourth-order valence-corrected chi connectivity index (χ4v) is 3.31. The molecule has 0 spiro atoms. The molecule has 3 aromatic rings. The lowest BCUT2D eigenvalue weighted by atomic mass is 10.1. The fourth-order valence-electron chi connectivity index (χ4n) is 3.31. The zero-order valence-electron chi connectivity index (χ0n) is 15.9. The molecule has 3 amide bonds. The van der Waals surface area contributed by atoms with Crippen LogP contribution >= 0.6 is 0 Å². The van der Waals surface area contributed by atoms with E-state index in [1.165, 1.54) is 17.0 Å². The highest BCUT2D eigenvalue weighted by Crippen LogP contribution is 2.25. The summed E-state index contributed by atoms with van der Waals surface area (Å²) in [5, 5.41) is 2.71. The van der Waals surface area contributed by atoms with Gasteiger partial charge in [0.1, 0.15) is 5.82 Å². The van der Waals surface area contributed by atoms with Crippen LogP contribution in [0.5, 0.6) is 0 Å². The number of pyridine rings is 1. The summed E-state index contributed by atoms with van der Waals surface area (Å²) in [5.41, 5.74) is 2.91. The van der Waals surface area contributed by atoms with E-state index in [0.29, 0.717) is 29.9 Å². The molecule has 6 heteroatoms. The molecule has 0 aliphatic carbocycles. The maximum absolute atomic E-state index is 12.8. The molecule has 1 aromatic heterocycles. The number of nitrogens with zero attached hydrogens (tertiary/aromatic N) is 2. The molecular formula is C23H19N3O3. The van der Waals surface area contributed by atoms with Gasteiger partial charge in [0, 0.05) is 18.3 Å². The molecule has 0 fully saturated rings. The third-order valence-corrected chi connectivity index (χ3v) is 4.86. The van der Waals surface area contributed by atoms with Crippen LogP contribution in [0.3, 0.4) is 0 Å². The van der Waals surface area contributed by atoms with Gasteiger partial charge in [0.05, 0.1) is 11.1 Å². The van der Waals surface area contributed by atoms with Crippen molar-refractivity contribution >= 4 is 23.5 Å². The number of imide groups is 1. The number of hydrogen-bond donors (Lipinski definition) is 1. The van der Waals surface area contributed by atoms with Crippen molar-refractivity contribution in [2.45, 2.75) is 13.3 Å². The Labute approximate surface area is 168 Å². The zero-order chi connectivity index (χ0) is 20.4. The molecule has 0 atom stereocenters. The number of hydrogen-bond acceptors (Lipinski definition) is 4. The van der Waals surface area contributed by atoms with Crippen molar-refractivity contribution in [3.63, 3.8) is 0 Å². The third-order valence-electron chi connectivity index (χ3n) is 4.86. The van der Waals surface area contributed by atoms with Gasteiger partial charge in [-0.15, -0.1) is 0 Å². The maximum Gasteiger partial charge on any atom is 0.261 e. The van der Waals surface area contributed by atoms with Crippen LogP contribution in [0.4, 0.5) is 5.82 Å². The summed E-state index contributed by atoms with van der Waals surface area (Å²) < 4.78 is 0. The first-order chi connectivity index (χ1) is 14.0. The zero-order valence-corrected chi connectivity index (χ0v) is 15.9. The van der Waals surface area contributed by atoms with E-state index in [1.54, 1.807) is 18.3 Å². The summed E-state index contributed by atoms with van der Waals surface area (Å²) in [6.07, 6.45) is 2.19. The predicted molar refractivity (Wildman–Crippen MR) is 109 cm³/mol. The summed E-state index contributed by atoms with van der Waals surface area (Å²) in [6, 6.07) is 17.8. The Morgan fingerprint density at radius 1 is 0.966 bits per heavy atom. The summed E-state index contributed by atoms with van der Waals surface area (Å²) in [4.78, 5) is 43.3. The maximum atomic E-state index is 12.8. The molecule has 144 valence electrons. The SMILES string of the molecule is Cc1ccnc(NC(=O)c2ccc3c(c2)C(=O)N(CCc2ccccc2)C3=O)c1. The smallest absolute Gasteiger partial charge is 0.261 e. The predicted octanol–water partition coefficient (Wildman–Crippen LogP) is 3.48. The van der Waals surface area contributed by atoms with Gasteiger partial charge in [-0.05, 0) is 54.8 Å². The molecule has 6 nitrogen and oxygen atoms in total. The van der Waals surface area contributed by atoms with Crippen molar-refractivity contribution in [1.29, 1.82) is 0 Å². The second-order valence-corrected chi connectivity index (χ2v) is 6.93. The lowest BCUT2D eigenvalue weighted by Gasteiger charge is -2.13. The Balaban J connectivity index is 1.51. The normalized spacial score (nSPS) is 12.8. The van der Waals surface area contributed by atoms with Crippen LogP contribution in [0.2, 0.25) is 0 Å². The number of aromatic nitrogens is 1. The van der Waals surface area contributed by atoms with Crippen LogP contribution in [-0.2, 0) is 6.42 Å². The third kappa shape index (κ3) is 3.78. The van der Waals surface area contributed by atoms with Gasteiger partial charge < -0.3 is 5.32 Å². The molecule has 1 aliphatic rings. The van der Waals surface area contributed by atoms with Crippen molar-refractivity contribution < 1.29 is 14.4 Å². The van der Waals surface area contributed by atoms with Crippen LogP contribution in [0, 0.1) is 6.92 Å². The Morgan fingerprint density at radius 2 is 1.72 bits per heavy atom. The number of carbonyl (C=O) groups excluding carboxylic acids is 3. The van der Waals surface area contributed by atoms with E-state index in [9.17, 15) is 14.4 Å². The molecule has 0 radical (unpaired) electrons. The first kappa shape index (κ1) is 18.6. The van der Waals surface area contributed by atoms with Crippen LogP contribution in [0.25, 0.3) is 0 Å². The van der Waals surface area contributed by atoms with Crippen molar-refractivity contribution in [2.24, 2.45) is 0 Å². The number of nitrogens with one attached hydrogen (secondary N) is 1. The Kier molecular flexibility index (Phi) is 4.91. The van der Waals surface area contributed by atoms with Gasteiger partial charge in [0.2, 0.25) is 0 Å². The minimum absolute atomic E-state index is 0.257. The fraction of sp³-hybridized carbons (Fsp3) is 0.130. The number of rotatable bonds is 5. The molecule has 1 aliphatic heterocycles. The highest BCUT2D eigenvalue weighted by Gasteiger charge is 2.35. The highest BCUT2D eigenvalue weighted by atomic mass is 16.2. The number of carbonyl (C=O) groups is 3. The molecule has 29 heavy (non-hydrogen) atoms. The standard InChI is InChI=1S/C23H19N3O3/c1-15-9-11-24-20(13-15)25-21(27)17-7-8-18-19(14-17)23(29)26(22(18)28)12-10-16-5-3-2-4-6-16/h2-9,11,13-14H,10,12H2,1H3,(H,24,25,27). The van der Waals surface area contributed by atoms with Gasteiger partial charge in [0.15, 0.2) is 0 Å². The molecule has 2 aromatic carbocycles. The molecule has 0 saturated heterocycles. The minimum atomic E-state index is -0.381. The van der Waals surface area contributed by atoms with Crippen molar-refractivity contribution in [3.8, 4) is 0 Å². The number of fused-ring (bicyclic) bond motifs is 1. The first-order valence-corrected chi connectivity index (χ1v) is 9.31. The van der Waals surface area contributed by atoms with E-state index in [2.05, 4.69) is 10.3 Å². The number of benzene rings is 2. The van der Waals surface area contributed by atoms with Gasteiger partial charge in [0.25, 0.3) is 17.7 Å². The first-order valence-electron chi connectivity index (χ1n) is 9.31. The summed E-state index contributed by atoms with van der Waals surface area (Å²) >= 11 is 0. The minimum Gasteiger partial charge on any atom is -0.307 e. The summed E-state index contributed by atoms with van der Waals surface area (Å²) in [5.74, 6) is -0.645. The van der Waals surface area contributed by atoms with Gasteiger partial charge in [-0.25, -0.2) is 4.98 Å². The van der Waals surface area contributed by atoms with E-state index in [0.717, 1.165) is 11.1 Å². The van der Waals surface area contributed by atoms with Crippen molar-refractivity contribution in [1.82, 2.24) is 9.88 Å². The molecule has 0 bridgehead atoms. The van der Waals surface area contributed by atoms with Crippen LogP contribution in [0.1, 0.15) is 42.2 Å². The second-order valence-electron chi connectivity index (χ2n) is 6.93. The van der Waals surface area contributed by atoms with E-state index < -0.39 is 0 Å². The van der Waals surface area contributed by atoms with Gasteiger partial charge in [-0.2, -0.15) is 0 Å². The number of amides is 3. The monoisotopic (exact) mass is 385 g/mol. The quantitative estimate of drug-likeness (QED) is 0.682. The summed E-state index contributed by atoms with van der Waals surface area (Å²) in [7, 11) is 0. The average molecular weight is 385 g/mol. The molecule has 2 heterocycles. The Bertz CT molecular complexity index is 1110. The number of aryl methyl sites for hydroxylation is 1. The van der Waals surface area contributed by atoms with E-state index in [-0.39, 0.29) is 23.3 Å². The van der Waals surface area contributed by atoms with Crippen LogP contribution in [-0.4, -0.2) is 34.2 Å². The Hall–Kier alpha value is -3.80. The largest absolute Gasteiger partial charge is 0.307 e. The molecule has 4 rings (SSSR count). The highest BCUT2D eigenvalue weighted by molar-refractivity contribution is 6.22. The van der Waals surface area contributed by atoms with Crippen LogP contribution in [0.15, 0.2) is 66.9 Å². The molecular weight excluding hydrogens is 366 g/mol. The lowest BCUT2D eigenvalue weighted by molar-refractivity contribution is 0.0656. The van der Waals surface area contributed by atoms with Gasteiger partial charge >= 0.3 is 0 Å². The molecule has 1 N–H and O–H groups in total. The summed E-state index contributed by atoms with van der Waals surface area (Å²) in [6.45, 7) is 2.20. The second kappa shape index (κ2) is 7.67. The Morgan fingerprint density at radius 3 is 2.48 bits per heavy atom. The van der Waals surface area contributed by atoms with Gasteiger partial charge in [-0.1, -0.05) is 30.3 Å². The number of anilines is 1. The molecule has 0 saturated carbocycles. The van der Waals surface area contributed by atoms with E-state index >= 15 is 0 Å². The van der Waals surface area contributed by atoms with Crippen molar-refractivity contribution in [2.75, 3.05) is 11.9 Å². The van der Waals surface area contributed by atoms with Gasteiger partial charge in [-0.3, -0.25) is 19.3 Å².